The smallest absolute Gasteiger partial charge is 0.262 e. The number of hydrogen-bond donors (Lipinski definition) is 2. The topological polar surface area (TPSA) is 98.8 Å². The van der Waals surface area contributed by atoms with Crippen molar-refractivity contribution in [1.29, 1.82) is 0 Å². The van der Waals surface area contributed by atoms with Gasteiger partial charge in [0.05, 0.1) is 11.1 Å². The van der Waals surface area contributed by atoms with Gasteiger partial charge in [-0.2, -0.15) is 0 Å². The van der Waals surface area contributed by atoms with Crippen LogP contribution in [0.3, 0.4) is 0 Å². The Morgan fingerprint density at radius 1 is 1.00 bits per heavy atom. The fourth-order valence-electron chi connectivity index (χ4n) is 4.96. The van der Waals surface area contributed by atoms with E-state index >= 15 is 0 Å². The van der Waals surface area contributed by atoms with Crippen molar-refractivity contribution in [3.63, 3.8) is 0 Å². The quantitative estimate of drug-likeness (QED) is 0.574. The second kappa shape index (κ2) is 8.18. The second-order valence-corrected chi connectivity index (χ2v) is 8.39. The van der Waals surface area contributed by atoms with E-state index in [0.717, 1.165) is 23.4 Å². The van der Waals surface area contributed by atoms with Crippen molar-refractivity contribution in [2.45, 2.75) is 63.1 Å². The average Bonchev–Trinajstić information content (AvgIpc) is 2.90. The summed E-state index contributed by atoms with van der Waals surface area (Å²) in [6.07, 6.45) is 6.04. The van der Waals surface area contributed by atoms with Crippen LogP contribution in [0.25, 0.3) is 0 Å². The van der Waals surface area contributed by atoms with Crippen LogP contribution in [0, 0.1) is 0 Å². The molecule has 2 N–H and O–H groups in total. The highest BCUT2D eigenvalue weighted by Crippen LogP contribution is 2.32. The van der Waals surface area contributed by atoms with Gasteiger partial charge in [0.25, 0.3) is 11.8 Å². The van der Waals surface area contributed by atoms with Crippen LogP contribution in [0.5, 0.6) is 0 Å². The highest BCUT2D eigenvalue weighted by atomic mass is 16.2. The number of piperidine rings is 1. The molecule has 0 spiro atoms. The van der Waals surface area contributed by atoms with Crippen molar-refractivity contribution in [2.24, 2.45) is 0 Å². The number of anilines is 1. The molecule has 1 aromatic carbocycles. The molecule has 160 valence electrons. The molecule has 0 radical (unpaired) electrons. The summed E-state index contributed by atoms with van der Waals surface area (Å²) in [4.78, 5) is 52.8. The van der Waals surface area contributed by atoms with Crippen LogP contribution in [0.15, 0.2) is 18.2 Å². The van der Waals surface area contributed by atoms with Gasteiger partial charge in [-0.05, 0) is 44.5 Å². The van der Waals surface area contributed by atoms with Gasteiger partial charge in [0.2, 0.25) is 11.8 Å². The number of imide groups is 2. The Morgan fingerprint density at radius 3 is 2.47 bits per heavy atom. The van der Waals surface area contributed by atoms with Crippen molar-refractivity contribution >= 4 is 29.3 Å². The first-order valence-electron chi connectivity index (χ1n) is 10.7. The minimum atomic E-state index is -0.938. The van der Waals surface area contributed by atoms with E-state index in [2.05, 4.69) is 15.5 Å². The number of hydrogen-bond acceptors (Lipinski definition) is 6. The number of carbonyl (C=O) groups excluding carboxylic acids is 4. The lowest BCUT2D eigenvalue weighted by atomic mass is 10.00. The molecule has 0 bridgehead atoms. The van der Waals surface area contributed by atoms with Gasteiger partial charge >= 0.3 is 0 Å². The molecule has 1 aliphatic carbocycles. The molecule has 2 aliphatic heterocycles. The zero-order valence-corrected chi connectivity index (χ0v) is 17.4. The number of benzene rings is 1. The Balaban J connectivity index is 1.60. The zero-order chi connectivity index (χ0) is 21.4. The van der Waals surface area contributed by atoms with Crippen LogP contribution >= 0.6 is 0 Å². The van der Waals surface area contributed by atoms with Crippen molar-refractivity contribution in [3.05, 3.63) is 29.3 Å². The molecule has 0 aromatic heterocycles. The number of nitrogens with one attached hydrogen (secondary N) is 2. The molecule has 2 heterocycles. The third-order valence-electron chi connectivity index (χ3n) is 6.68. The van der Waals surface area contributed by atoms with Gasteiger partial charge in [-0.25, -0.2) is 0 Å². The molecule has 1 saturated heterocycles. The summed E-state index contributed by atoms with van der Waals surface area (Å²) in [5.41, 5.74) is 1.52. The lowest BCUT2D eigenvalue weighted by molar-refractivity contribution is -0.136. The van der Waals surface area contributed by atoms with E-state index in [1.807, 2.05) is 20.2 Å². The van der Waals surface area contributed by atoms with Crippen molar-refractivity contribution in [3.8, 4) is 0 Å². The van der Waals surface area contributed by atoms with Gasteiger partial charge in [0.1, 0.15) is 6.04 Å². The average molecular weight is 412 g/mol. The number of likely N-dealkylation sites (N-methyl/N-ethyl adjacent to an activating group) is 2. The van der Waals surface area contributed by atoms with Gasteiger partial charge in [0, 0.05) is 31.2 Å². The zero-order valence-electron chi connectivity index (χ0n) is 17.4. The van der Waals surface area contributed by atoms with E-state index in [1.54, 1.807) is 12.1 Å². The summed E-state index contributed by atoms with van der Waals surface area (Å²) < 4.78 is 0. The molecule has 3 unspecified atom stereocenters. The molecular formula is C22H28N4O4. The summed E-state index contributed by atoms with van der Waals surface area (Å²) in [7, 11) is 4.01. The monoisotopic (exact) mass is 412 g/mol. The van der Waals surface area contributed by atoms with Crippen LogP contribution in [-0.2, 0) is 9.59 Å². The van der Waals surface area contributed by atoms with Crippen LogP contribution in [-0.4, -0.2) is 60.7 Å². The first kappa shape index (κ1) is 20.5. The summed E-state index contributed by atoms with van der Waals surface area (Å²) >= 11 is 0. The lowest BCUT2D eigenvalue weighted by Crippen LogP contribution is -2.54. The Morgan fingerprint density at radius 2 is 1.73 bits per heavy atom. The van der Waals surface area contributed by atoms with E-state index in [9.17, 15) is 19.2 Å². The number of nitrogens with zero attached hydrogens (tertiary/aromatic N) is 2. The Hall–Kier alpha value is -2.74. The number of carbonyl (C=O) groups is 4. The van der Waals surface area contributed by atoms with Gasteiger partial charge in [-0.3, -0.25) is 29.4 Å². The predicted molar refractivity (Wildman–Crippen MR) is 111 cm³/mol. The summed E-state index contributed by atoms with van der Waals surface area (Å²) in [6, 6.07) is 5.04. The molecule has 1 aromatic rings. The molecule has 3 aliphatic rings. The fourth-order valence-corrected chi connectivity index (χ4v) is 4.96. The number of fused-ring (bicyclic) bond motifs is 1. The van der Waals surface area contributed by atoms with Crippen molar-refractivity contribution in [1.82, 2.24) is 15.5 Å². The van der Waals surface area contributed by atoms with Gasteiger partial charge < -0.3 is 10.2 Å². The maximum Gasteiger partial charge on any atom is 0.262 e. The standard InChI is InChI=1S/C22H28N4O4/c1-23-16-6-4-3-5-7-17(16)25(2)13-8-9-14-15(12-13)22(30)26(21(14)29)18-10-11-19(27)24-20(18)28/h8-9,12,16-18,23H,3-7,10-11H2,1-2H3,(H,24,27,28). The van der Waals surface area contributed by atoms with Crippen LogP contribution in [0.4, 0.5) is 5.69 Å². The van der Waals surface area contributed by atoms with Gasteiger partial charge in [0.15, 0.2) is 0 Å². The summed E-state index contributed by atoms with van der Waals surface area (Å²) in [5.74, 6) is -1.90. The van der Waals surface area contributed by atoms with Crippen LogP contribution in [0.2, 0.25) is 0 Å². The maximum absolute atomic E-state index is 13.1. The number of rotatable bonds is 4. The predicted octanol–water partition coefficient (Wildman–Crippen LogP) is 1.44. The first-order chi connectivity index (χ1) is 14.4. The van der Waals surface area contributed by atoms with E-state index in [4.69, 9.17) is 0 Å². The van der Waals surface area contributed by atoms with Crippen LogP contribution in [0.1, 0.15) is 65.7 Å². The molecule has 3 atom stereocenters. The normalized spacial score (nSPS) is 27.0. The highest BCUT2D eigenvalue weighted by Gasteiger charge is 2.44. The molecule has 4 rings (SSSR count). The molecule has 1 saturated carbocycles. The third-order valence-corrected chi connectivity index (χ3v) is 6.68. The Bertz CT molecular complexity index is 899. The molecule has 8 nitrogen and oxygen atoms in total. The third kappa shape index (κ3) is 3.49. The van der Waals surface area contributed by atoms with Crippen molar-refractivity contribution < 1.29 is 19.2 Å². The van der Waals surface area contributed by atoms with E-state index in [0.29, 0.717) is 23.2 Å². The van der Waals surface area contributed by atoms with E-state index in [1.165, 1.54) is 19.3 Å². The lowest BCUT2D eigenvalue weighted by Gasteiger charge is -2.35. The minimum Gasteiger partial charge on any atom is -0.370 e. The molecule has 4 amide bonds. The molecule has 2 fully saturated rings. The van der Waals surface area contributed by atoms with E-state index in [-0.39, 0.29) is 18.7 Å². The SMILES string of the molecule is CNC1CCCCCC1N(C)c1ccc2c(c1)C(=O)N(C1CCC(=O)NC1=O)C2=O. The molecule has 8 heteroatoms. The van der Waals surface area contributed by atoms with E-state index < -0.39 is 23.8 Å². The molecular weight excluding hydrogens is 384 g/mol. The van der Waals surface area contributed by atoms with Crippen molar-refractivity contribution in [2.75, 3.05) is 19.0 Å². The first-order valence-corrected chi connectivity index (χ1v) is 10.7. The van der Waals surface area contributed by atoms with Crippen LogP contribution < -0.4 is 15.5 Å². The highest BCUT2D eigenvalue weighted by molar-refractivity contribution is 6.23. The minimum absolute atomic E-state index is 0.116. The molecule has 30 heavy (non-hydrogen) atoms. The maximum atomic E-state index is 13.1. The van der Waals surface area contributed by atoms with Gasteiger partial charge in [-0.15, -0.1) is 0 Å². The second-order valence-electron chi connectivity index (χ2n) is 8.39. The Labute approximate surface area is 176 Å². The summed E-state index contributed by atoms with van der Waals surface area (Å²) in [5, 5.41) is 5.65. The van der Waals surface area contributed by atoms with Gasteiger partial charge in [-0.1, -0.05) is 19.3 Å². The summed E-state index contributed by atoms with van der Waals surface area (Å²) in [6.45, 7) is 0. The fraction of sp³-hybridized carbons (Fsp3) is 0.545. The largest absolute Gasteiger partial charge is 0.370 e. The number of amides is 4. The Kier molecular flexibility index (Phi) is 5.60.